The molecule has 0 aromatic heterocycles. The van der Waals surface area contributed by atoms with Gasteiger partial charge in [0.25, 0.3) is 0 Å². The highest BCUT2D eigenvalue weighted by atomic mass is 79.9. The maximum absolute atomic E-state index is 14.9. The number of carbonyl (C=O) groups is 4. The fourth-order valence-electron chi connectivity index (χ4n) is 8.28. The summed E-state index contributed by atoms with van der Waals surface area (Å²) in [4.78, 5) is 62.3. The van der Waals surface area contributed by atoms with Crippen LogP contribution >= 0.6 is 15.9 Å². The molecule has 1 saturated carbocycles. The predicted molar refractivity (Wildman–Crippen MR) is 178 cm³/mol. The Balaban J connectivity index is 1.44. The van der Waals surface area contributed by atoms with E-state index in [9.17, 15) is 24.3 Å². The van der Waals surface area contributed by atoms with E-state index in [4.69, 9.17) is 9.47 Å². The topological polar surface area (TPSA) is 117 Å². The first-order valence-corrected chi connectivity index (χ1v) is 17.9. The highest BCUT2D eigenvalue weighted by Crippen LogP contribution is 2.59. The van der Waals surface area contributed by atoms with Gasteiger partial charge in [-0.25, -0.2) is 0 Å². The Kier molecular flexibility index (Phi) is 10.2. The number of aliphatic hydroxyl groups excluding tert-OH is 1. The van der Waals surface area contributed by atoms with Crippen LogP contribution in [0.1, 0.15) is 76.4 Å². The zero-order chi connectivity index (χ0) is 33.3. The number of likely N-dealkylation sites (N-methyl/N-ethyl adjacent to an activating group) is 1. The molecule has 10 nitrogen and oxygen atoms in total. The number of ether oxygens (including phenoxy) is 2. The van der Waals surface area contributed by atoms with Crippen molar-refractivity contribution >= 4 is 39.6 Å². The molecule has 0 unspecified atom stereocenters. The Morgan fingerprint density at radius 1 is 0.979 bits per heavy atom. The largest absolute Gasteiger partial charge is 0.455 e. The van der Waals surface area contributed by atoms with Crippen molar-refractivity contribution in [2.45, 2.75) is 101 Å². The Morgan fingerprint density at radius 2 is 1.72 bits per heavy atom. The average molecular weight is 713 g/mol. The summed E-state index contributed by atoms with van der Waals surface area (Å²) < 4.78 is 13.6. The molecule has 6 rings (SSSR count). The average Bonchev–Trinajstić information content (AvgIpc) is 3.67. The first-order chi connectivity index (χ1) is 22.7. The van der Waals surface area contributed by atoms with Crippen LogP contribution in [0.25, 0.3) is 0 Å². The fourth-order valence-corrected chi connectivity index (χ4v) is 9.02. The van der Waals surface area contributed by atoms with Crippen LogP contribution in [0.3, 0.4) is 0 Å². The zero-order valence-corrected chi connectivity index (χ0v) is 28.8. The number of fused-ring (bicyclic) bond motifs is 2. The van der Waals surface area contributed by atoms with Crippen LogP contribution in [-0.4, -0.2) is 100 Å². The number of unbranched alkanes of at least 4 members (excludes halogenated alkanes) is 1. The van der Waals surface area contributed by atoms with Crippen LogP contribution in [0.4, 0.5) is 0 Å². The second-order valence-electron chi connectivity index (χ2n) is 13.6. The third-order valence-electron chi connectivity index (χ3n) is 10.8. The first kappa shape index (κ1) is 33.9. The Labute approximate surface area is 285 Å². The van der Waals surface area contributed by atoms with Crippen molar-refractivity contribution in [3.05, 3.63) is 58.6 Å². The van der Waals surface area contributed by atoms with Gasteiger partial charge >= 0.3 is 5.97 Å². The molecule has 7 atom stereocenters. The Hall–Kier alpha value is -3.02. The van der Waals surface area contributed by atoms with Crippen LogP contribution in [-0.2, 0) is 28.7 Å². The van der Waals surface area contributed by atoms with E-state index in [0.717, 1.165) is 37.7 Å². The van der Waals surface area contributed by atoms with Gasteiger partial charge in [0.1, 0.15) is 29.8 Å². The van der Waals surface area contributed by atoms with Gasteiger partial charge in [0.2, 0.25) is 17.7 Å². The number of hydrogen-bond donors (Lipinski definition) is 1. The molecule has 3 fully saturated rings. The van der Waals surface area contributed by atoms with Gasteiger partial charge < -0.3 is 29.3 Å². The van der Waals surface area contributed by atoms with E-state index in [1.54, 1.807) is 16.8 Å². The van der Waals surface area contributed by atoms with Crippen LogP contribution in [0.15, 0.2) is 53.0 Å². The van der Waals surface area contributed by atoms with E-state index in [0.29, 0.717) is 30.3 Å². The second-order valence-corrected chi connectivity index (χ2v) is 14.5. The maximum atomic E-state index is 14.9. The molecule has 2 saturated heterocycles. The molecule has 0 radical (unpaired) electrons. The summed E-state index contributed by atoms with van der Waals surface area (Å²) in [7, 11) is 1.72. The van der Waals surface area contributed by atoms with Crippen molar-refractivity contribution in [1.29, 1.82) is 0 Å². The lowest BCUT2D eigenvalue weighted by Crippen LogP contribution is -2.58. The number of cyclic esters (lactones) is 1. The number of likely N-dealkylation sites (tertiary alicyclic amines) is 1. The van der Waals surface area contributed by atoms with Crippen molar-refractivity contribution in [1.82, 2.24) is 14.7 Å². The van der Waals surface area contributed by atoms with Crippen LogP contribution in [0, 0.1) is 11.8 Å². The molecule has 1 N–H and O–H groups in total. The molecule has 3 amide bonds. The number of amides is 3. The van der Waals surface area contributed by atoms with Gasteiger partial charge in [-0.15, -0.1) is 0 Å². The molecule has 1 spiro atoms. The number of carbonyl (C=O) groups excluding carboxylic acids is 4. The Bertz CT molecular complexity index is 1410. The molecule has 254 valence electrons. The van der Waals surface area contributed by atoms with Crippen LogP contribution in [0.5, 0.6) is 0 Å². The molecule has 1 aliphatic carbocycles. The van der Waals surface area contributed by atoms with Crippen LogP contribution in [0.2, 0.25) is 0 Å². The van der Waals surface area contributed by atoms with Gasteiger partial charge in [-0.2, -0.15) is 0 Å². The summed E-state index contributed by atoms with van der Waals surface area (Å²) in [6, 6.07) is 7.89. The van der Waals surface area contributed by atoms with Crippen LogP contribution < -0.4 is 0 Å². The number of hydrogen-bond acceptors (Lipinski definition) is 7. The van der Waals surface area contributed by atoms with Gasteiger partial charge in [0, 0.05) is 43.7 Å². The normalized spacial score (nSPS) is 34.5. The smallest absolute Gasteiger partial charge is 0.313 e. The Morgan fingerprint density at radius 3 is 2.45 bits per heavy atom. The quantitative estimate of drug-likeness (QED) is 0.266. The predicted octanol–water partition coefficient (Wildman–Crippen LogP) is 4.27. The van der Waals surface area contributed by atoms with Gasteiger partial charge in [-0.3, -0.25) is 19.2 Å². The summed E-state index contributed by atoms with van der Waals surface area (Å²) in [6.07, 6.45) is 10.9. The minimum Gasteiger partial charge on any atom is -0.455 e. The summed E-state index contributed by atoms with van der Waals surface area (Å²) in [5.41, 5.74) is -0.607. The summed E-state index contributed by atoms with van der Waals surface area (Å²) in [5.74, 6) is -3.11. The fraction of sp³-hybridized carbons (Fsp3) is 0.611. The molecule has 1 aromatic carbocycles. The molecule has 1 aromatic rings. The molecule has 47 heavy (non-hydrogen) atoms. The number of esters is 1. The van der Waals surface area contributed by atoms with Gasteiger partial charge in [-0.05, 0) is 50.7 Å². The second kappa shape index (κ2) is 14.2. The van der Waals surface area contributed by atoms with E-state index in [-0.39, 0.29) is 43.3 Å². The first-order valence-electron chi connectivity index (χ1n) is 17.1. The van der Waals surface area contributed by atoms with Crippen molar-refractivity contribution in [3.8, 4) is 0 Å². The highest BCUT2D eigenvalue weighted by molar-refractivity contribution is 9.11. The van der Waals surface area contributed by atoms with Crippen molar-refractivity contribution in [3.63, 3.8) is 0 Å². The number of nitrogens with zero attached hydrogens (tertiary/aromatic N) is 3. The number of allylic oxidation sites excluding steroid dienone is 1. The molecular weight excluding hydrogens is 666 g/mol. The number of halogens is 1. The van der Waals surface area contributed by atoms with Crippen molar-refractivity contribution in [2.75, 3.05) is 26.7 Å². The third-order valence-corrected chi connectivity index (χ3v) is 11.5. The minimum atomic E-state index is -1.34. The summed E-state index contributed by atoms with van der Waals surface area (Å²) in [5, 5.41) is 9.54. The van der Waals surface area contributed by atoms with E-state index < -0.39 is 47.7 Å². The lowest BCUT2D eigenvalue weighted by molar-refractivity contribution is -0.164. The van der Waals surface area contributed by atoms with E-state index in [1.807, 2.05) is 60.4 Å². The van der Waals surface area contributed by atoms with E-state index in [2.05, 4.69) is 15.9 Å². The number of rotatable bonds is 6. The lowest BCUT2D eigenvalue weighted by atomic mass is 9.74. The zero-order valence-electron chi connectivity index (χ0n) is 27.3. The molecule has 11 heteroatoms. The SMILES string of the molecule is C[C@H]1[C@H](c2ccccc2)OC(=O)[C@H]2[C@@H]3O[C@@]4(C=C3Br)[C@@H]2C(=O)N(CCCCO)[C@@H]4C(=O)N(C2CCCCC2)C/C=C\CCC(=O)N1C. The standard InChI is InChI=1S/C36H46BrN3O7/c1-23-30(24-14-6-3-7-15-24)46-35(45)28-29-33(43)40(20-12-13-21-41)32(36(29)22-26(37)31(28)47-36)34(44)39(25-16-8-4-9-17-25)19-11-5-10-18-27(42)38(23)2/h3,5-7,11,14-15,22-23,25,28-32,41H,4,8-10,12-13,16-21H2,1-2H3/b11-5-/t23-,28+,29-,30+,31+,32+,36-/m0/s1. The summed E-state index contributed by atoms with van der Waals surface area (Å²) >= 11 is 3.64. The maximum Gasteiger partial charge on any atom is 0.313 e. The molecule has 5 bridgehead atoms. The lowest BCUT2D eigenvalue weighted by Gasteiger charge is -2.40. The molecule has 5 aliphatic rings. The number of benzene rings is 1. The van der Waals surface area contributed by atoms with Crippen molar-refractivity contribution in [2.24, 2.45) is 11.8 Å². The number of aliphatic hydroxyl groups is 1. The summed E-state index contributed by atoms with van der Waals surface area (Å²) in [6.45, 7) is 2.46. The highest BCUT2D eigenvalue weighted by Gasteiger charge is 2.75. The minimum absolute atomic E-state index is 0.0138. The van der Waals surface area contributed by atoms with E-state index >= 15 is 0 Å². The molecule has 4 heterocycles. The monoisotopic (exact) mass is 711 g/mol. The van der Waals surface area contributed by atoms with Crippen molar-refractivity contribution < 1.29 is 33.8 Å². The molecular formula is C36H46BrN3O7. The molecule has 4 aliphatic heterocycles. The van der Waals surface area contributed by atoms with Gasteiger partial charge in [0.05, 0.1) is 12.0 Å². The van der Waals surface area contributed by atoms with Gasteiger partial charge in [0.15, 0.2) is 0 Å². The van der Waals surface area contributed by atoms with E-state index in [1.165, 1.54) is 0 Å². The van der Waals surface area contributed by atoms with Gasteiger partial charge in [-0.1, -0.05) is 77.7 Å². The third kappa shape index (κ3) is 6.19.